The van der Waals surface area contributed by atoms with Crippen molar-refractivity contribution in [2.75, 3.05) is 0 Å². The van der Waals surface area contributed by atoms with Crippen molar-refractivity contribution < 1.29 is 0 Å². The average Bonchev–Trinajstić information content (AvgIpc) is 1.88. The summed E-state index contributed by atoms with van der Waals surface area (Å²) in [6.07, 6.45) is 1.15. The van der Waals surface area contributed by atoms with Crippen LogP contribution in [0.2, 0.25) is 0 Å². The van der Waals surface area contributed by atoms with Crippen molar-refractivity contribution in [2.24, 2.45) is 15.7 Å². The maximum absolute atomic E-state index is 8.37. The van der Waals surface area contributed by atoms with Crippen LogP contribution in [0, 0.1) is 5.41 Å². The van der Waals surface area contributed by atoms with Crippen LogP contribution in [-0.2, 0) is 0 Å². The first-order valence-electron chi connectivity index (χ1n) is 2.48. The monoisotopic (exact) mass is 134 g/mol. The van der Waals surface area contributed by atoms with Crippen LogP contribution in [0.15, 0.2) is 15.6 Å². The minimum absolute atomic E-state index is 0.0301. The highest BCUT2D eigenvalue weighted by Gasteiger charge is 2.08. The zero-order valence-electron chi connectivity index (χ0n) is 5.00. The molecule has 1 aliphatic heterocycles. The Morgan fingerprint density at radius 3 is 2.80 bits per heavy atom. The van der Waals surface area contributed by atoms with Gasteiger partial charge in [0, 0.05) is 0 Å². The van der Waals surface area contributed by atoms with Crippen LogP contribution in [0.4, 0.5) is 0 Å². The third-order valence-electron chi connectivity index (χ3n) is 0.988. The Labute approximate surface area is 57.0 Å². The van der Waals surface area contributed by atoms with Crippen LogP contribution < -0.4 is 5.73 Å². The number of rotatable bonds is 0. The van der Waals surface area contributed by atoms with Gasteiger partial charge in [-0.1, -0.05) is 0 Å². The fraction of sp³-hybridized carbons (Fsp3) is 0. The molecule has 1 rings (SSSR count). The SMILES string of the molecule is [N-]=C=C1C(=N)N=CN=C1N. The number of nitrogens with zero attached hydrogens (tertiary/aromatic N) is 3. The standard InChI is InChI=1S/C5H4N5/c6-1-3-4(7)9-2-10-5(3)8/h2H,(H3,7,8,9,10)/q-1. The molecule has 0 aliphatic carbocycles. The molecule has 0 atom stereocenters. The summed E-state index contributed by atoms with van der Waals surface area (Å²) in [7, 11) is 0. The quantitative estimate of drug-likeness (QED) is 0.430. The van der Waals surface area contributed by atoms with Gasteiger partial charge in [0.05, 0.1) is 5.57 Å². The van der Waals surface area contributed by atoms with E-state index in [1.165, 1.54) is 0 Å². The Kier molecular flexibility index (Phi) is 1.43. The largest absolute Gasteiger partial charge is 0.763 e. The van der Waals surface area contributed by atoms with Crippen molar-refractivity contribution in [3.05, 3.63) is 11.0 Å². The topological polar surface area (TPSA) is 96.9 Å². The number of hydrogen-bond donors (Lipinski definition) is 2. The molecular weight excluding hydrogens is 130 g/mol. The molecule has 10 heavy (non-hydrogen) atoms. The lowest BCUT2D eigenvalue weighted by Crippen LogP contribution is -2.23. The molecule has 0 bridgehead atoms. The smallest absolute Gasteiger partial charge is 0.163 e. The van der Waals surface area contributed by atoms with Crippen LogP contribution >= 0.6 is 0 Å². The number of nitrogens with two attached hydrogens (primary N) is 1. The number of nitrogens with one attached hydrogen (secondary N) is 1. The first kappa shape index (κ1) is 6.38. The second-order valence-corrected chi connectivity index (χ2v) is 1.59. The van der Waals surface area contributed by atoms with Gasteiger partial charge in [0.2, 0.25) is 0 Å². The predicted octanol–water partition coefficient (Wildman–Crippen LogP) is -0.472. The van der Waals surface area contributed by atoms with Gasteiger partial charge in [0.1, 0.15) is 12.2 Å². The lowest BCUT2D eigenvalue weighted by molar-refractivity contribution is 1.41. The summed E-state index contributed by atoms with van der Waals surface area (Å²) in [5, 5.41) is 15.4. The van der Waals surface area contributed by atoms with E-state index in [4.69, 9.17) is 16.6 Å². The predicted molar refractivity (Wildman–Crippen MR) is 39.7 cm³/mol. The van der Waals surface area contributed by atoms with E-state index in [0.29, 0.717) is 0 Å². The van der Waals surface area contributed by atoms with E-state index in [1.807, 2.05) is 0 Å². The molecule has 1 heterocycles. The van der Waals surface area contributed by atoms with Gasteiger partial charge in [-0.05, 0) is 0 Å². The van der Waals surface area contributed by atoms with Crippen LogP contribution in [-0.4, -0.2) is 23.9 Å². The van der Waals surface area contributed by atoms with Gasteiger partial charge in [-0.25, -0.2) is 9.98 Å². The molecule has 0 fully saturated rings. The fourth-order valence-corrected chi connectivity index (χ4v) is 0.509. The summed E-state index contributed by atoms with van der Waals surface area (Å²) < 4.78 is 0. The summed E-state index contributed by atoms with van der Waals surface area (Å²) in [6, 6.07) is 0. The number of amidine groups is 2. The minimum Gasteiger partial charge on any atom is -0.763 e. The molecule has 1 aliphatic rings. The highest BCUT2D eigenvalue weighted by atomic mass is 15.0. The molecule has 0 amide bonds. The highest BCUT2D eigenvalue weighted by Crippen LogP contribution is 1.97. The molecule has 50 valence electrons. The lowest BCUT2D eigenvalue weighted by Gasteiger charge is -2.05. The second kappa shape index (κ2) is 2.24. The first-order chi connectivity index (χ1) is 4.75. The molecule has 0 radical (unpaired) electrons. The number of hydrogen-bond acceptors (Lipinski definition) is 3. The van der Waals surface area contributed by atoms with Gasteiger partial charge in [0.15, 0.2) is 5.84 Å². The third-order valence-corrected chi connectivity index (χ3v) is 0.988. The van der Waals surface area contributed by atoms with Crippen LogP contribution in [0.1, 0.15) is 0 Å². The minimum atomic E-state index is -0.130. The van der Waals surface area contributed by atoms with Gasteiger partial charge < -0.3 is 11.1 Å². The summed E-state index contributed by atoms with van der Waals surface area (Å²) in [4.78, 5) is 7.00. The molecule has 5 nitrogen and oxygen atoms in total. The maximum atomic E-state index is 8.37. The van der Waals surface area contributed by atoms with E-state index < -0.39 is 0 Å². The first-order valence-corrected chi connectivity index (χ1v) is 2.48. The summed E-state index contributed by atoms with van der Waals surface area (Å²) in [5.41, 5.74) is 5.27. The van der Waals surface area contributed by atoms with Gasteiger partial charge >= 0.3 is 0 Å². The Balaban J connectivity index is 3.16. The zero-order chi connectivity index (χ0) is 7.56. The fourth-order valence-electron chi connectivity index (χ4n) is 0.509. The Bertz CT molecular complexity index is 278. The summed E-state index contributed by atoms with van der Waals surface area (Å²) >= 11 is 0. The number of aliphatic imine (C=N–C) groups is 2. The van der Waals surface area contributed by atoms with E-state index in [0.717, 1.165) is 6.34 Å². The van der Waals surface area contributed by atoms with E-state index in [9.17, 15) is 0 Å². The average molecular weight is 134 g/mol. The normalized spacial score (nSPS) is 16.6. The Hall–Kier alpha value is -1.74. The van der Waals surface area contributed by atoms with Crippen molar-refractivity contribution in [3.63, 3.8) is 0 Å². The van der Waals surface area contributed by atoms with Gasteiger partial charge in [-0.2, -0.15) is 0 Å². The molecule has 0 spiro atoms. The van der Waals surface area contributed by atoms with Crippen molar-refractivity contribution in [1.29, 1.82) is 5.41 Å². The van der Waals surface area contributed by atoms with Crippen molar-refractivity contribution >= 4 is 23.9 Å². The van der Waals surface area contributed by atoms with Crippen LogP contribution in [0.3, 0.4) is 0 Å². The Morgan fingerprint density at radius 1 is 1.70 bits per heavy atom. The van der Waals surface area contributed by atoms with E-state index in [2.05, 4.69) is 9.98 Å². The Morgan fingerprint density at radius 2 is 2.40 bits per heavy atom. The summed E-state index contributed by atoms with van der Waals surface area (Å²) in [5.74, 6) is 1.65. The maximum Gasteiger partial charge on any atom is 0.163 e. The molecule has 0 saturated heterocycles. The zero-order valence-corrected chi connectivity index (χ0v) is 5.00. The van der Waals surface area contributed by atoms with Crippen molar-refractivity contribution in [3.8, 4) is 0 Å². The van der Waals surface area contributed by atoms with E-state index in [-0.39, 0.29) is 17.2 Å². The molecule has 0 aromatic heterocycles. The van der Waals surface area contributed by atoms with E-state index in [1.54, 1.807) is 5.87 Å². The van der Waals surface area contributed by atoms with Gasteiger partial charge in [0.25, 0.3) is 0 Å². The molecule has 0 aromatic carbocycles. The van der Waals surface area contributed by atoms with Crippen LogP contribution in [0.25, 0.3) is 5.41 Å². The summed E-state index contributed by atoms with van der Waals surface area (Å²) in [6.45, 7) is 0. The van der Waals surface area contributed by atoms with E-state index >= 15 is 0 Å². The molecule has 0 saturated carbocycles. The van der Waals surface area contributed by atoms with Gasteiger partial charge in [-0.15, -0.1) is 0 Å². The van der Waals surface area contributed by atoms with Crippen molar-refractivity contribution in [2.45, 2.75) is 0 Å². The molecule has 5 heteroatoms. The highest BCUT2D eigenvalue weighted by molar-refractivity contribution is 6.31. The lowest BCUT2D eigenvalue weighted by atomic mass is 10.2. The molecule has 3 N–H and O–H groups in total. The second-order valence-electron chi connectivity index (χ2n) is 1.59. The third kappa shape index (κ3) is 0.852. The van der Waals surface area contributed by atoms with Crippen LogP contribution in [0.5, 0.6) is 0 Å². The molecular formula is C5H4N5-. The molecule has 0 unspecified atom stereocenters. The molecule has 0 aromatic rings. The van der Waals surface area contributed by atoms with Gasteiger partial charge in [-0.3, -0.25) is 11.3 Å². The van der Waals surface area contributed by atoms with Crippen molar-refractivity contribution in [1.82, 2.24) is 0 Å².